The fourth-order valence-electron chi connectivity index (χ4n) is 3.78. The number of aromatic amines is 1. The Labute approximate surface area is 174 Å². The van der Waals surface area contributed by atoms with Crippen molar-refractivity contribution in [2.24, 2.45) is 0 Å². The Balaban J connectivity index is 1.39. The summed E-state index contributed by atoms with van der Waals surface area (Å²) in [6.45, 7) is 0. The summed E-state index contributed by atoms with van der Waals surface area (Å²) >= 11 is 1.47. The van der Waals surface area contributed by atoms with E-state index in [2.05, 4.69) is 15.0 Å². The number of nitrogens with zero attached hydrogens (tertiary/aromatic N) is 2. The highest BCUT2D eigenvalue weighted by Crippen LogP contribution is 2.33. The molecule has 2 aromatic heterocycles. The molecule has 0 fully saturated rings. The predicted molar refractivity (Wildman–Crippen MR) is 118 cm³/mol. The summed E-state index contributed by atoms with van der Waals surface area (Å²) in [5.74, 6) is -0.0747. The first-order valence-corrected chi connectivity index (χ1v) is 10.2. The molecule has 30 heavy (non-hydrogen) atoms. The number of carbonyl (C=O) groups excluding carboxylic acids is 2. The predicted octanol–water partition coefficient (Wildman–Crippen LogP) is 5.30. The van der Waals surface area contributed by atoms with Crippen molar-refractivity contribution in [3.05, 3.63) is 89.3 Å². The van der Waals surface area contributed by atoms with E-state index in [1.54, 1.807) is 12.1 Å². The second-order valence-electron chi connectivity index (χ2n) is 7.12. The van der Waals surface area contributed by atoms with Gasteiger partial charge in [0.1, 0.15) is 10.8 Å². The molecule has 2 heterocycles. The first-order chi connectivity index (χ1) is 14.7. The van der Waals surface area contributed by atoms with Gasteiger partial charge in [0.15, 0.2) is 22.0 Å². The lowest BCUT2D eigenvalue weighted by Crippen LogP contribution is -2.00. The molecule has 6 rings (SSSR count). The van der Waals surface area contributed by atoms with E-state index in [4.69, 9.17) is 0 Å². The number of benzene rings is 3. The molecule has 0 saturated heterocycles. The third-order valence-corrected chi connectivity index (χ3v) is 6.24. The van der Waals surface area contributed by atoms with Crippen molar-refractivity contribution in [1.29, 1.82) is 0 Å². The van der Waals surface area contributed by atoms with Gasteiger partial charge in [0.25, 0.3) is 0 Å². The number of fused-ring (bicyclic) bond motifs is 3. The van der Waals surface area contributed by atoms with Gasteiger partial charge < -0.3 is 4.98 Å². The first-order valence-electron chi connectivity index (χ1n) is 9.43. The Bertz CT molecular complexity index is 1440. The molecule has 0 spiro atoms. The van der Waals surface area contributed by atoms with Crippen LogP contribution in [0.2, 0.25) is 0 Å². The van der Waals surface area contributed by atoms with Crippen LogP contribution >= 0.6 is 11.3 Å². The van der Waals surface area contributed by atoms with E-state index in [0.29, 0.717) is 22.6 Å². The zero-order valence-electron chi connectivity index (χ0n) is 15.5. The van der Waals surface area contributed by atoms with Gasteiger partial charge in [-0.1, -0.05) is 65.9 Å². The molecule has 1 aliphatic carbocycles. The smallest absolute Gasteiger partial charge is 0.197 e. The van der Waals surface area contributed by atoms with Gasteiger partial charge in [-0.2, -0.15) is 0 Å². The SMILES string of the molecule is O=C1C(=Cc2nc3sc(-c4ccccc4)nc3[nH]2)C(=O)c2cc3ccccc3cc21. The van der Waals surface area contributed by atoms with Gasteiger partial charge in [-0.15, -0.1) is 0 Å². The van der Waals surface area contributed by atoms with E-state index >= 15 is 0 Å². The molecule has 1 aliphatic rings. The van der Waals surface area contributed by atoms with Crippen molar-refractivity contribution in [3.63, 3.8) is 0 Å². The summed E-state index contributed by atoms with van der Waals surface area (Å²) in [6, 6.07) is 21.2. The maximum absolute atomic E-state index is 12.9. The molecule has 0 bridgehead atoms. The number of H-pyrrole nitrogens is 1. The minimum Gasteiger partial charge on any atom is -0.322 e. The Morgan fingerprint density at radius 3 is 2.07 bits per heavy atom. The minimum absolute atomic E-state index is 0.130. The van der Waals surface area contributed by atoms with Crippen molar-refractivity contribution in [3.8, 4) is 10.6 Å². The van der Waals surface area contributed by atoms with Crippen molar-refractivity contribution in [2.45, 2.75) is 0 Å². The standard InChI is InChI=1S/C24H13N3O2S/c28-20-16-10-14-8-4-5-9-15(14)11-17(16)21(29)18(20)12-19-25-22-24(26-19)30-23(27-22)13-6-2-1-3-7-13/h1-12H,(H,25,26). The number of carbonyl (C=O) groups is 2. The lowest BCUT2D eigenvalue weighted by molar-refractivity contribution is 0.0990. The number of Topliss-reactive ketones (excluding diaryl/α,β-unsaturated/α-hetero) is 2. The van der Waals surface area contributed by atoms with Crippen molar-refractivity contribution in [2.75, 3.05) is 0 Å². The Morgan fingerprint density at radius 2 is 1.43 bits per heavy atom. The molecule has 142 valence electrons. The molecule has 0 saturated carbocycles. The van der Waals surface area contributed by atoms with Crippen molar-refractivity contribution in [1.82, 2.24) is 15.0 Å². The van der Waals surface area contributed by atoms with Gasteiger partial charge in [-0.05, 0) is 29.0 Å². The number of ketones is 2. The molecule has 0 amide bonds. The molecule has 3 aromatic carbocycles. The van der Waals surface area contributed by atoms with E-state index in [0.717, 1.165) is 26.2 Å². The van der Waals surface area contributed by atoms with Gasteiger partial charge in [-0.25, -0.2) is 9.97 Å². The van der Waals surface area contributed by atoms with Gasteiger partial charge in [0.2, 0.25) is 0 Å². The summed E-state index contributed by atoms with van der Waals surface area (Å²) in [4.78, 5) is 38.8. The van der Waals surface area contributed by atoms with Crippen LogP contribution < -0.4 is 0 Å². The second kappa shape index (κ2) is 6.30. The average molecular weight is 407 g/mol. The Hall–Kier alpha value is -3.90. The lowest BCUT2D eigenvalue weighted by Gasteiger charge is -2.00. The van der Waals surface area contributed by atoms with Crippen LogP contribution in [0.25, 0.3) is 37.9 Å². The molecule has 0 aliphatic heterocycles. The lowest BCUT2D eigenvalue weighted by atomic mass is 10.0. The highest BCUT2D eigenvalue weighted by molar-refractivity contribution is 7.21. The van der Waals surface area contributed by atoms with Crippen molar-refractivity contribution < 1.29 is 9.59 Å². The highest BCUT2D eigenvalue weighted by Gasteiger charge is 2.33. The van der Waals surface area contributed by atoms with Crippen LogP contribution in [0, 0.1) is 0 Å². The van der Waals surface area contributed by atoms with Gasteiger partial charge in [0, 0.05) is 16.7 Å². The van der Waals surface area contributed by atoms with Crippen LogP contribution in [0.1, 0.15) is 26.5 Å². The van der Waals surface area contributed by atoms with Crippen LogP contribution in [0.3, 0.4) is 0 Å². The molecule has 0 unspecified atom stereocenters. The molecular formula is C24H13N3O2S. The summed E-state index contributed by atoms with van der Waals surface area (Å²) < 4.78 is 0. The molecule has 0 atom stereocenters. The largest absolute Gasteiger partial charge is 0.322 e. The van der Waals surface area contributed by atoms with E-state index in [9.17, 15) is 9.59 Å². The zero-order chi connectivity index (χ0) is 20.2. The summed E-state index contributed by atoms with van der Waals surface area (Å²) in [7, 11) is 0. The monoisotopic (exact) mass is 407 g/mol. The molecule has 1 N–H and O–H groups in total. The third kappa shape index (κ3) is 2.54. The van der Waals surface area contributed by atoms with Crippen LogP contribution in [0.15, 0.2) is 72.3 Å². The molecule has 5 aromatic rings. The van der Waals surface area contributed by atoms with Crippen LogP contribution in [0.4, 0.5) is 0 Å². The van der Waals surface area contributed by atoms with Crippen LogP contribution in [-0.4, -0.2) is 26.5 Å². The fraction of sp³-hybridized carbons (Fsp3) is 0. The number of rotatable bonds is 2. The number of imidazole rings is 1. The number of nitrogens with one attached hydrogen (secondary N) is 1. The van der Waals surface area contributed by atoms with E-state index in [1.165, 1.54) is 17.4 Å². The van der Waals surface area contributed by atoms with E-state index in [1.807, 2.05) is 54.6 Å². The van der Waals surface area contributed by atoms with Gasteiger partial charge in [0.05, 0.1) is 5.57 Å². The third-order valence-electron chi connectivity index (χ3n) is 5.24. The fourth-order valence-corrected chi connectivity index (χ4v) is 4.69. The van der Waals surface area contributed by atoms with Gasteiger partial charge in [-0.3, -0.25) is 9.59 Å². The molecule has 0 radical (unpaired) electrons. The van der Waals surface area contributed by atoms with E-state index < -0.39 is 0 Å². The summed E-state index contributed by atoms with van der Waals surface area (Å²) in [5.41, 5.74) is 2.69. The maximum atomic E-state index is 12.9. The number of hydrogen-bond donors (Lipinski definition) is 1. The molecule has 6 heteroatoms. The first kappa shape index (κ1) is 17.0. The highest BCUT2D eigenvalue weighted by atomic mass is 32.1. The number of hydrogen-bond acceptors (Lipinski definition) is 5. The zero-order valence-corrected chi connectivity index (χ0v) is 16.4. The second-order valence-corrected chi connectivity index (χ2v) is 8.10. The van der Waals surface area contributed by atoms with Crippen molar-refractivity contribution >= 4 is 50.2 Å². The molecular weight excluding hydrogens is 394 g/mol. The minimum atomic E-state index is -0.265. The summed E-state index contributed by atoms with van der Waals surface area (Å²) in [6.07, 6.45) is 1.53. The Kier molecular flexibility index (Phi) is 3.57. The normalized spacial score (nSPS) is 13.4. The quantitative estimate of drug-likeness (QED) is 0.318. The maximum Gasteiger partial charge on any atom is 0.197 e. The number of allylic oxidation sites excluding steroid dienone is 1. The van der Waals surface area contributed by atoms with E-state index in [-0.39, 0.29) is 17.1 Å². The van der Waals surface area contributed by atoms with Crippen LogP contribution in [0.5, 0.6) is 0 Å². The summed E-state index contributed by atoms with van der Waals surface area (Å²) in [5, 5.41) is 2.75. The topological polar surface area (TPSA) is 75.7 Å². The number of thiazole rings is 1. The van der Waals surface area contributed by atoms with Crippen LogP contribution in [-0.2, 0) is 0 Å². The van der Waals surface area contributed by atoms with Gasteiger partial charge >= 0.3 is 0 Å². The Morgan fingerprint density at radius 1 is 0.800 bits per heavy atom. The average Bonchev–Trinajstić information content (AvgIpc) is 3.41. The number of aromatic nitrogens is 3. The molecule has 5 nitrogen and oxygen atoms in total.